The van der Waals surface area contributed by atoms with Crippen molar-refractivity contribution < 1.29 is 9.21 Å². The van der Waals surface area contributed by atoms with E-state index in [1.54, 1.807) is 11.8 Å². The summed E-state index contributed by atoms with van der Waals surface area (Å²) in [6, 6.07) is 16.2. The monoisotopic (exact) mass is 397 g/mol. The number of rotatable bonds is 5. The first-order valence-corrected chi connectivity index (χ1v) is 11.1. The van der Waals surface area contributed by atoms with Gasteiger partial charge in [0.05, 0.1) is 22.9 Å². The smallest absolute Gasteiger partial charge is 0.277 e. The number of carbonyl (C=O) groups is 1. The van der Waals surface area contributed by atoms with Crippen molar-refractivity contribution >= 4 is 40.8 Å². The summed E-state index contributed by atoms with van der Waals surface area (Å²) in [4.78, 5) is 15.0. The summed E-state index contributed by atoms with van der Waals surface area (Å²) in [5, 5.41) is 8.46. The first-order valence-electron chi connectivity index (χ1n) is 8.69. The number of thioether (sulfide) groups is 2. The van der Waals surface area contributed by atoms with Gasteiger partial charge in [-0.25, -0.2) is 0 Å². The van der Waals surface area contributed by atoms with Gasteiger partial charge in [0.25, 0.3) is 5.22 Å². The van der Waals surface area contributed by atoms with Gasteiger partial charge in [-0.3, -0.25) is 9.69 Å². The molecule has 1 aliphatic heterocycles. The predicted molar refractivity (Wildman–Crippen MR) is 110 cm³/mol. The van der Waals surface area contributed by atoms with Crippen LogP contribution in [-0.2, 0) is 23.4 Å². The molecule has 0 unspecified atom stereocenters. The largest absolute Gasteiger partial charge is 0.415 e. The minimum absolute atomic E-state index is 0.00594. The van der Waals surface area contributed by atoms with E-state index in [1.165, 1.54) is 22.9 Å². The molecule has 3 aromatic rings. The fourth-order valence-corrected chi connectivity index (χ4v) is 4.21. The van der Waals surface area contributed by atoms with Gasteiger partial charge in [0.2, 0.25) is 11.8 Å². The first-order chi connectivity index (χ1) is 13.3. The fraction of sp³-hybridized carbons (Fsp3) is 0.250. The lowest BCUT2D eigenvalue weighted by atomic mass is 10.0. The summed E-state index contributed by atoms with van der Waals surface area (Å²) in [5.74, 6) is 1.51. The molecule has 0 fully saturated rings. The van der Waals surface area contributed by atoms with E-state index in [1.807, 2.05) is 47.6 Å². The number of benzene rings is 2. The molecule has 0 N–H and O–H groups in total. The van der Waals surface area contributed by atoms with E-state index in [4.69, 9.17) is 4.42 Å². The van der Waals surface area contributed by atoms with Gasteiger partial charge in [-0.2, -0.15) is 11.8 Å². The molecule has 5 nitrogen and oxygen atoms in total. The van der Waals surface area contributed by atoms with E-state index < -0.39 is 0 Å². The molecule has 0 atom stereocenters. The van der Waals surface area contributed by atoms with Gasteiger partial charge in [0.1, 0.15) is 0 Å². The van der Waals surface area contributed by atoms with Crippen molar-refractivity contribution in [3.8, 4) is 0 Å². The standard InChI is InChI=1S/C20H19N3O2S2/c1-26-12-18-21-22-20(25-18)27-13-19(24)23-16-8-4-2-6-14(16)10-11-15-7-3-5-9-17(15)23/h2-9H,10-13H2,1H3. The Labute approximate surface area is 166 Å². The van der Waals surface area contributed by atoms with Crippen molar-refractivity contribution in [1.82, 2.24) is 10.2 Å². The molecule has 0 aliphatic carbocycles. The molecule has 4 rings (SSSR count). The van der Waals surface area contributed by atoms with Gasteiger partial charge >= 0.3 is 0 Å². The van der Waals surface area contributed by atoms with E-state index >= 15 is 0 Å². The van der Waals surface area contributed by atoms with Gasteiger partial charge in [-0.05, 0) is 42.4 Å². The Morgan fingerprint density at radius 2 is 1.67 bits per heavy atom. The molecule has 0 bridgehead atoms. The third-order valence-corrected chi connectivity index (χ3v) is 5.75. The average Bonchev–Trinajstić information content (AvgIpc) is 3.07. The minimum Gasteiger partial charge on any atom is -0.415 e. The van der Waals surface area contributed by atoms with Gasteiger partial charge in [-0.1, -0.05) is 48.2 Å². The zero-order valence-corrected chi connectivity index (χ0v) is 16.6. The molecular weight excluding hydrogens is 378 g/mol. The summed E-state index contributed by atoms with van der Waals surface area (Å²) in [6.07, 6.45) is 3.83. The average molecular weight is 398 g/mol. The number of hydrogen-bond donors (Lipinski definition) is 0. The maximum Gasteiger partial charge on any atom is 0.277 e. The molecule has 1 amide bonds. The van der Waals surface area contributed by atoms with Crippen LogP contribution in [0.3, 0.4) is 0 Å². The quantitative estimate of drug-likeness (QED) is 0.591. The Kier molecular flexibility index (Phi) is 5.50. The molecule has 2 aromatic carbocycles. The van der Waals surface area contributed by atoms with Gasteiger partial charge < -0.3 is 4.42 Å². The summed E-state index contributed by atoms with van der Waals surface area (Å²) >= 11 is 2.91. The van der Waals surface area contributed by atoms with Crippen molar-refractivity contribution in [3.05, 3.63) is 65.5 Å². The van der Waals surface area contributed by atoms with Crippen LogP contribution in [0.5, 0.6) is 0 Å². The number of fused-ring (bicyclic) bond motifs is 2. The first kappa shape index (κ1) is 18.1. The highest BCUT2D eigenvalue weighted by atomic mass is 32.2. The lowest BCUT2D eigenvalue weighted by Crippen LogP contribution is -2.28. The number of carbonyl (C=O) groups excluding carboxylic acids is 1. The van der Waals surface area contributed by atoms with Gasteiger partial charge in [0, 0.05) is 0 Å². The van der Waals surface area contributed by atoms with Crippen molar-refractivity contribution in [2.45, 2.75) is 23.8 Å². The highest BCUT2D eigenvalue weighted by Gasteiger charge is 2.25. The second-order valence-corrected chi connectivity index (χ2v) is 7.96. The van der Waals surface area contributed by atoms with E-state index in [0.29, 0.717) is 16.9 Å². The SMILES string of the molecule is CSCc1nnc(SCC(=O)N2c3ccccc3CCc3ccccc32)o1. The number of hydrogen-bond acceptors (Lipinski definition) is 6. The number of nitrogens with zero attached hydrogens (tertiary/aromatic N) is 3. The van der Waals surface area contributed by atoms with Crippen molar-refractivity contribution in [2.24, 2.45) is 0 Å². The molecule has 138 valence electrons. The maximum atomic E-state index is 13.2. The molecule has 0 saturated heterocycles. The van der Waals surface area contributed by atoms with Crippen LogP contribution in [0, 0.1) is 0 Å². The number of amides is 1. The zero-order chi connectivity index (χ0) is 18.6. The Balaban J connectivity index is 1.60. The van der Waals surface area contributed by atoms with Crippen molar-refractivity contribution in [3.63, 3.8) is 0 Å². The second kappa shape index (κ2) is 8.19. The van der Waals surface area contributed by atoms with Crippen LogP contribution < -0.4 is 4.90 Å². The molecule has 7 heteroatoms. The number of aromatic nitrogens is 2. The van der Waals surface area contributed by atoms with Crippen molar-refractivity contribution in [1.29, 1.82) is 0 Å². The van der Waals surface area contributed by atoms with Gasteiger partial charge in [0.15, 0.2) is 0 Å². The predicted octanol–water partition coefficient (Wildman–Crippen LogP) is 4.49. The molecule has 2 heterocycles. The summed E-state index contributed by atoms with van der Waals surface area (Å²) in [7, 11) is 0. The Bertz CT molecular complexity index is 910. The normalized spacial score (nSPS) is 13.0. The molecule has 0 saturated carbocycles. The number of aryl methyl sites for hydroxylation is 2. The van der Waals surface area contributed by atoms with Crippen LogP contribution in [0.2, 0.25) is 0 Å². The Hall–Kier alpha value is -2.25. The van der Waals surface area contributed by atoms with E-state index in [9.17, 15) is 4.79 Å². The van der Waals surface area contributed by atoms with Crippen LogP contribution in [0.25, 0.3) is 0 Å². The van der Waals surface area contributed by atoms with E-state index in [0.717, 1.165) is 24.2 Å². The lowest BCUT2D eigenvalue weighted by molar-refractivity contribution is -0.115. The summed E-state index contributed by atoms with van der Waals surface area (Å²) < 4.78 is 5.57. The molecule has 0 radical (unpaired) electrons. The van der Waals surface area contributed by atoms with E-state index in [2.05, 4.69) is 22.3 Å². The molecule has 27 heavy (non-hydrogen) atoms. The van der Waals surface area contributed by atoms with Crippen LogP contribution in [0.15, 0.2) is 58.2 Å². The fourth-order valence-electron chi connectivity index (χ4n) is 3.21. The summed E-state index contributed by atoms with van der Waals surface area (Å²) in [6.45, 7) is 0. The molecule has 1 aromatic heterocycles. The molecule has 0 spiro atoms. The third-order valence-electron chi connectivity index (χ3n) is 4.41. The molecular formula is C20H19N3O2S2. The number of anilines is 2. The maximum absolute atomic E-state index is 13.2. The third kappa shape index (κ3) is 3.89. The summed E-state index contributed by atoms with van der Waals surface area (Å²) in [5.41, 5.74) is 4.29. The number of para-hydroxylation sites is 2. The highest BCUT2D eigenvalue weighted by molar-refractivity contribution is 7.99. The van der Waals surface area contributed by atoms with Crippen molar-refractivity contribution in [2.75, 3.05) is 16.9 Å². The highest BCUT2D eigenvalue weighted by Crippen LogP contribution is 2.36. The lowest BCUT2D eigenvalue weighted by Gasteiger charge is -2.24. The molecule has 1 aliphatic rings. The zero-order valence-electron chi connectivity index (χ0n) is 14.9. The van der Waals surface area contributed by atoms with E-state index in [-0.39, 0.29) is 11.7 Å². The second-order valence-electron chi connectivity index (χ2n) is 6.17. The van der Waals surface area contributed by atoms with Crippen LogP contribution in [0.1, 0.15) is 17.0 Å². The van der Waals surface area contributed by atoms with Crippen LogP contribution >= 0.6 is 23.5 Å². The Morgan fingerprint density at radius 3 is 2.30 bits per heavy atom. The van der Waals surface area contributed by atoms with Crippen LogP contribution in [-0.4, -0.2) is 28.1 Å². The topological polar surface area (TPSA) is 59.2 Å². The minimum atomic E-state index is 0.00594. The van der Waals surface area contributed by atoms with Crippen LogP contribution in [0.4, 0.5) is 11.4 Å². The Morgan fingerprint density at radius 1 is 1.04 bits per heavy atom. The van der Waals surface area contributed by atoms with Gasteiger partial charge in [-0.15, -0.1) is 10.2 Å².